The molecule has 2 aromatic rings. The number of hydrogen-bond donors (Lipinski definition) is 1. The molecule has 0 aliphatic carbocycles. The maximum absolute atomic E-state index is 13.4. The van der Waals surface area contributed by atoms with Gasteiger partial charge in [0.25, 0.3) is 0 Å². The lowest BCUT2D eigenvalue weighted by atomic mass is 9.87. The number of hydrogen-bond acceptors (Lipinski definition) is 6. The van der Waals surface area contributed by atoms with E-state index in [9.17, 15) is 14.7 Å². The highest BCUT2D eigenvalue weighted by Crippen LogP contribution is 2.38. The van der Waals surface area contributed by atoms with Crippen molar-refractivity contribution in [1.29, 1.82) is 0 Å². The minimum absolute atomic E-state index is 0.0970. The van der Waals surface area contributed by atoms with Crippen molar-refractivity contribution >= 4 is 12.0 Å². The first-order valence-electron chi connectivity index (χ1n) is 11.1. The molecule has 2 aromatic carbocycles. The molecule has 2 saturated heterocycles. The fourth-order valence-electron chi connectivity index (χ4n) is 4.57. The van der Waals surface area contributed by atoms with Crippen LogP contribution in [0.25, 0.3) is 0 Å². The summed E-state index contributed by atoms with van der Waals surface area (Å²) < 4.78 is 22.6. The van der Waals surface area contributed by atoms with Gasteiger partial charge in [-0.1, -0.05) is 30.3 Å². The van der Waals surface area contributed by atoms with Gasteiger partial charge >= 0.3 is 6.09 Å². The van der Waals surface area contributed by atoms with E-state index in [-0.39, 0.29) is 25.6 Å². The zero-order valence-electron chi connectivity index (χ0n) is 19.8. The molecule has 4 rings (SSSR count). The summed E-state index contributed by atoms with van der Waals surface area (Å²) in [6.45, 7) is 4.21. The topological polar surface area (TPSA) is 97.8 Å². The van der Waals surface area contributed by atoms with Gasteiger partial charge in [0.05, 0.1) is 26.9 Å². The number of likely N-dealkylation sites (tertiary alicyclic amines) is 1. The SMILES string of the molecule is COc1ccc(CN2C(=O)[C@@H](N(Cc3ccccc3)C(=O)O)[C@H]2[C@@H]2COC(C)(C)O2)c(OC)c1. The van der Waals surface area contributed by atoms with Gasteiger partial charge in [0.15, 0.2) is 5.79 Å². The Hall–Kier alpha value is -3.30. The second-order valence-corrected chi connectivity index (χ2v) is 8.84. The third kappa shape index (κ3) is 4.67. The molecule has 9 heteroatoms. The van der Waals surface area contributed by atoms with Crippen molar-refractivity contribution in [1.82, 2.24) is 9.80 Å². The third-order valence-corrected chi connectivity index (χ3v) is 6.24. The van der Waals surface area contributed by atoms with Crippen molar-refractivity contribution in [2.24, 2.45) is 0 Å². The molecule has 0 bridgehead atoms. The average Bonchev–Trinajstić information content (AvgIpc) is 3.18. The molecular formula is C25H30N2O7. The molecule has 182 valence electrons. The smallest absolute Gasteiger partial charge is 0.408 e. The fraction of sp³-hybridized carbons (Fsp3) is 0.440. The number of rotatable bonds is 8. The highest BCUT2D eigenvalue weighted by atomic mass is 16.7. The summed E-state index contributed by atoms with van der Waals surface area (Å²) in [5, 5.41) is 10.0. The van der Waals surface area contributed by atoms with Crippen molar-refractivity contribution in [2.75, 3.05) is 20.8 Å². The Kier molecular flexibility index (Phi) is 6.67. The average molecular weight is 471 g/mol. The van der Waals surface area contributed by atoms with E-state index in [1.807, 2.05) is 36.4 Å². The largest absolute Gasteiger partial charge is 0.497 e. The maximum Gasteiger partial charge on any atom is 0.408 e. The summed E-state index contributed by atoms with van der Waals surface area (Å²) in [6, 6.07) is 13.2. The molecule has 34 heavy (non-hydrogen) atoms. The minimum Gasteiger partial charge on any atom is -0.497 e. The van der Waals surface area contributed by atoms with Gasteiger partial charge in [0.2, 0.25) is 5.91 Å². The van der Waals surface area contributed by atoms with E-state index in [0.717, 1.165) is 11.1 Å². The molecule has 0 aromatic heterocycles. The van der Waals surface area contributed by atoms with Crippen molar-refractivity contribution in [3.63, 3.8) is 0 Å². The lowest BCUT2D eigenvalue weighted by Crippen LogP contribution is -2.74. The Balaban J connectivity index is 1.63. The molecular weight excluding hydrogens is 440 g/mol. The second kappa shape index (κ2) is 9.52. The zero-order valence-corrected chi connectivity index (χ0v) is 19.8. The third-order valence-electron chi connectivity index (χ3n) is 6.24. The van der Waals surface area contributed by atoms with Crippen LogP contribution in [0.1, 0.15) is 25.0 Å². The van der Waals surface area contributed by atoms with Crippen LogP contribution in [0.4, 0.5) is 4.79 Å². The lowest BCUT2D eigenvalue weighted by Gasteiger charge is -2.52. The van der Waals surface area contributed by atoms with Crippen LogP contribution in [0, 0.1) is 0 Å². The van der Waals surface area contributed by atoms with E-state index >= 15 is 0 Å². The Labute approximate surface area is 198 Å². The van der Waals surface area contributed by atoms with E-state index < -0.39 is 30.1 Å². The summed E-state index contributed by atoms with van der Waals surface area (Å²) in [5.41, 5.74) is 1.58. The first kappa shape index (κ1) is 23.8. The van der Waals surface area contributed by atoms with E-state index in [2.05, 4.69) is 0 Å². The number of β-lactam (4-membered cyclic amide) rings is 1. The highest BCUT2D eigenvalue weighted by Gasteiger charge is 2.58. The standard InChI is InChI=1S/C25H30N2O7/c1-25(2)33-15-20(34-25)21-22(27(24(29)30)13-16-8-6-5-7-9-16)23(28)26(21)14-17-10-11-18(31-3)12-19(17)32-4/h5-12,20-22H,13-15H2,1-4H3,(H,29,30)/t20-,21+,22-/m0/s1. The fourth-order valence-corrected chi connectivity index (χ4v) is 4.57. The van der Waals surface area contributed by atoms with Gasteiger partial charge in [0.1, 0.15) is 23.6 Å². The lowest BCUT2D eigenvalue weighted by molar-refractivity contribution is -0.182. The Morgan fingerprint density at radius 1 is 1.18 bits per heavy atom. The Morgan fingerprint density at radius 3 is 2.50 bits per heavy atom. The predicted octanol–water partition coefficient (Wildman–Crippen LogP) is 3.11. The molecule has 0 spiro atoms. The zero-order chi connectivity index (χ0) is 24.5. The van der Waals surface area contributed by atoms with Crippen LogP contribution in [0.3, 0.4) is 0 Å². The van der Waals surface area contributed by atoms with Crippen LogP contribution in [-0.4, -0.2) is 71.7 Å². The van der Waals surface area contributed by atoms with Crippen molar-refractivity contribution < 1.29 is 33.6 Å². The highest BCUT2D eigenvalue weighted by molar-refractivity contribution is 5.92. The van der Waals surface area contributed by atoms with E-state index in [0.29, 0.717) is 11.5 Å². The Morgan fingerprint density at radius 2 is 1.91 bits per heavy atom. The molecule has 2 amide bonds. The number of carbonyl (C=O) groups is 2. The van der Waals surface area contributed by atoms with E-state index in [4.69, 9.17) is 18.9 Å². The summed E-state index contributed by atoms with van der Waals surface area (Å²) in [5.74, 6) is 0.122. The summed E-state index contributed by atoms with van der Waals surface area (Å²) in [4.78, 5) is 28.5. The summed E-state index contributed by atoms with van der Waals surface area (Å²) in [6.07, 6.45) is -1.63. The maximum atomic E-state index is 13.4. The van der Waals surface area contributed by atoms with Crippen LogP contribution in [-0.2, 0) is 27.4 Å². The van der Waals surface area contributed by atoms with Gasteiger partial charge in [-0.25, -0.2) is 4.79 Å². The Bertz CT molecular complexity index is 1040. The van der Waals surface area contributed by atoms with E-state index in [1.165, 1.54) is 4.90 Å². The molecule has 2 fully saturated rings. The van der Waals surface area contributed by atoms with Gasteiger partial charge in [-0.15, -0.1) is 0 Å². The van der Waals surface area contributed by atoms with Gasteiger partial charge in [-0.3, -0.25) is 9.69 Å². The molecule has 2 aliphatic rings. The number of carboxylic acid groups (broad SMARTS) is 1. The molecule has 0 unspecified atom stereocenters. The molecule has 2 aliphatic heterocycles. The van der Waals surface area contributed by atoms with Crippen molar-refractivity contribution in [3.8, 4) is 11.5 Å². The van der Waals surface area contributed by atoms with Crippen LogP contribution in [0.15, 0.2) is 48.5 Å². The van der Waals surface area contributed by atoms with Crippen molar-refractivity contribution in [3.05, 3.63) is 59.7 Å². The number of amides is 2. The quantitative estimate of drug-likeness (QED) is 0.592. The number of methoxy groups -OCH3 is 2. The van der Waals surface area contributed by atoms with Crippen LogP contribution >= 0.6 is 0 Å². The predicted molar refractivity (Wildman–Crippen MR) is 123 cm³/mol. The molecule has 0 radical (unpaired) electrons. The number of nitrogens with zero attached hydrogens (tertiary/aromatic N) is 2. The van der Waals surface area contributed by atoms with Gasteiger partial charge in [-0.05, 0) is 31.5 Å². The first-order valence-corrected chi connectivity index (χ1v) is 11.1. The monoisotopic (exact) mass is 470 g/mol. The molecule has 0 saturated carbocycles. The van der Waals surface area contributed by atoms with E-state index in [1.54, 1.807) is 45.1 Å². The summed E-state index contributed by atoms with van der Waals surface area (Å²) in [7, 11) is 3.12. The van der Waals surface area contributed by atoms with Crippen molar-refractivity contribution in [2.45, 2.75) is 50.9 Å². The first-order chi connectivity index (χ1) is 16.2. The van der Waals surface area contributed by atoms with Crippen LogP contribution in [0.2, 0.25) is 0 Å². The normalized spacial score (nSPS) is 23.4. The molecule has 3 atom stereocenters. The minimum atomic E-state index is -1.16. The summed E-state index contributed by atoms with van der Waals surface area (Å²) >= 11 is 0. The van der Waals surface area contributed by atoms with Gasteiger partial charge < -0.3 is 29.0 Å². The van der Waals surface area contributed by atoms with Gasteiger partial charge in [0, 0.05) is 24.7 Å². The van der Waals surface area contributed by atoms with Gasteiger partial charge in [-0.2, -0.15) is 0 Å². The molecule has 9 nitrogen and oxygen atoms in total. The second-order valence-electron chi connectivity index (χ2n) is 8.84. The van der Waals surface area contributed by atoms with Crippen LogP contribution in [0.5, 0.6) is 11.5 Å². The van der Waals surface area contributed by atoms with Crippen LogP contribution < -0.4 is 9.47 Å². The number of benzene rings is 2. The molecule has 1 N–H and O–H groups in total. The number of carbonyl (C=O) groups excluding carboxylic acids is 1. The molecule has 2 heterocycles. The number of ether oxygens (including phenoxy) is 4.